The van der Waals surface area contributed by atoms with E-state index in [1.807, 2.05) is 18.2 Å². The summed E-state index contributed by atoms with van der Waals surface area (Å²) in [5.74, 6) is 1.24. The van der Waals surface area contributed by atoms with Crippen molar-refractivity contribution in [1.82, 2.24) is 5.32 Å². The molecular weight excluding hydrogens is 374 g/mol. The summed E-state index contributed by atoms with van der Waals surface area (Å²) < 4.78 is 21.4. The maximum absolute atomic E-state index is 5.65. The molecule has 1 N–H and O–H groups in total. The number of benzene rings is 2. The largest absolute Gasteiger partial charge is 0.493 e. The first-order valence-electron chi connectivity index (χ1n) is 9.12. The molecule has 0 amide bonds. The van der Waals surface area contributed by atoms with E-state index >= 15 is 0 Å². The monoisotopic (exact) mass is 403 g/mol. The lowest BCUT2D eigenvalue weighted by Gasteiger charge is -2.19. The maximum atomic E-state index is 5.65. The Hall–Kier alpha value is -2.31. The fraction of sp³-hybridized carbons (Fsp3) is 0.409. The van der Waals surface area contributed by atoms with Crippen molar-refractivity contribution >= 4 is 17.4 Å². The van der Waals surface area contributed by atoms with Gasteiger partial charge in [0.2, 0.25) is 0 Å². The number of thiocarbonyl (C=S) groups is 1. The Morgan fingerprint density at radius 1 is 0.964 bits per heavy atom. The van der Waals surface area contributed by atoms with Crippen molar-refractivity contribution in [2.24, 2.45) is 0 Å². The third kappa shape index (κ3) is 6.69. The van der Waals surface area contributed by atoms with Crippen LogP contribution in [-0.4, -0.2) is 26.2 Å². The molecule has 0 spiro atoms. The second-order valence-corrected chi connectivity index (χ2v) is 7.78. The van der Waals surface area contributed by atoms with E-state index in [0.717, 1.165) is 11.1 Å². The van der Waals surface area contributed by atoms with Crippen LogP contribution in [0.2, 0.25) is 0 Å². The maximum Gasteiger partial charge on any atom is 0.257 e. The zero-order valence-electron chi connectivity index (χ0n) is 17.2. The molecule has 28 heavy (non-hydrogen) atoms. The molecule has 0 aliphatic carbocycles. The van der Waals surface area contributed by atoms with Crippen molar-refractivity contribution < 1.29 is 18.9 Å². The van der Waals surface area contributed by atoms with E-state index in [1.54, 1.807) is 14.2 Å². The Labute approximate surface area is 173 Å². The summed E-state index contributed by atoms with van der Waals surface area (Å²) in [4.78, 5) is 0. The molecule has 2 aromatic rings. The first-order chi connectivity index (χ1) is 13.3. The van der Waals surface area contributed by atoms with Crippen LogP contribution in [-0.2, 0) is 28.0 Å². The molecule has 0 unspecified atom stereocenters. The van der Waals surface area contributed by atoms with Crippen molar-refractivity contribution in [3.63, 3.8) is 0 Å². The van der Waals surface area contributed by atoms with Gasteiger partial charge in [0.15, 0.2) is 18.3 Å². The van der Waals surface area contributed by atoms with Gasteiger partial charge >= 0.3 is 0 Å². The van der Waals surface area contributed by atoms with E-state index in [9.17, 15) is 0 Å². The van der Waals surface area contributed by atoms with Crippen LogP contribution >= 0.6 is 12.2 Å². The SMILES string of the molecule is COCOc1ccc(COC(=S)NCc2ccc(C(C)(C)C)cc2)cc1OC. The van der Waals surface area contributed by atoms with Gasteiger partial charge in [-0.1, -0.05) is 51.1 Å². The van der Waals surface area contributed by atoms with Crippen molar-refractivity contribution in [2.45, 2.75) is 39.3 Å². The molecule has 0 aromatic heterocycles. The Morgan fingerprint density at radius 2 is 1.64 bits per heavy atom. The zero-order valence-corrected chi connectivity index (χ0v) is 18.0. The van der Waals surface area contributed by atoms with Gasteiger partial charge in [-0.2, -0.15) is 0 Å². The second kappa shape index (κ2) is 10.3. The molecule has 0 aliphatic heterocycles. The molecule has 5 nitrogen and oxygen atoms in total. The minimum Gasteiger partial charge on any atom is -0.493 e. The quantitative estimate of drug-likeness (QED) is 0.515. The average Bonchev–Trinajstić information content (AvgIpc) is 2.69. The van der Waals surface area contributed by atoms with E-state index in [4.69, 9.17) is 31.2 Å². The lowest BCUT2D eigenvalue weighted by atomic mass is 9.87. The number of hydrogen-bond donors (Lipinski definition) is 1. The summed E-state index contributed by atoms with van der Waals surface area (Å²) in [5.41, 5.74) is 3.54. The number of hydrogen-bond acceptors (Lipinski definition) is 5. The molecule has 2 rings (SSSR count). The Morgan fingerprint density at radius 3 is 2.25 bits per heavy atom. The van der Waals surface area contributed by atoms with Gasteiger partial charge in [0.1, 0.15) is 6.61 Å². The van der Waals surface area contributed by atoms with Gasteiger partial charge in [0.05, 0.1) is 7.11 Å². The first kappa shape index (κ1) is 22.0. The summed E-state index contributed by atoms with van der Waals surface area (Å²) in [6.45, 7) is 7.74. The molecule has 0 saturated carbocycles. The minimum atomic E-state index is 0.148. The molecule has 152 valence electrons. The van der Waals surface area contributed by atoms with E-state index in [2.05, 4.69) is 50.4 Å². The van der Waals surface area contributed by atoms with E-state index in [0.29, 0.717) is 29.8 Å². The van der Waals surface area contributed by atoms with Gasteiger partial charge < -0.3 is 24.3 Å². The van der Waals surface area contributed by atoms with Gasteiger partial charge in [0.25, 0.3) is 5.17 Å². The fourth-order valence-corrected chi connectivity index (χ4v) is 2.67. The highest BCUT2D eigenvalue weighted by Crippen LogP contribution is 2.28. The molecular formula is C22H29NO4S. The summed E-state index contributed by atoms with van der Waals surface area (Å²) in [6.07, 6.45) is 0. The van der Waals surface area contributed by atoms with E-state index in [1.165, 1.54) is 5.56 Å². The number of rotatable bonds is 8. The molecule has 0 fully saturated rings. The van der Waals surface area contributed by atoms with Crippen LogP contribution in [0, 0.1) is 0 Å². The average molecular weight is 404 g/mol. The normalized spacial score (nSPS) is 11.0. The highest BCUT2D eigenvalue weighted by molar-refractivity contribution is 7.80. The molecule has 0 atom stereocenters. The van der Waals surface area contributed by atoms with Crippen LogP contribution in [0.4, 0.5) is 0 Å². The zero-order chi connectivity index (χ0) is 20.6. The third-order valence-electron chi connectivity index (χ3n) is 4.19. The van der Waals surface area contributed by atoms with Crippen LogP contribution in [0.25, 0.3) is 0 Å². The Bertz CT molecular complexity index is 769. The fourth-order valence-electron chi connectivity index (χ4n) is 2.54. The topological polar surface area (TPSA) is 49.0 Å². The van der Waals surface area contributed by atoms with Crippen molar-refractivity contribution in [1.29, 1.82) is 0 Å². The molecule has 0 saturated heterocycles. The predicted molar refractivity (Wildman–Crippen MR) is 115 cm³/mol. The predicted octanol–water partition coefficient (Wildman–Crippen LogP) is 4.57. The highest BCUT2D eigenvalue weighted by atomic mass is 32.1. The summed E-state index contributed by atoms with van der Waals surface area (Å²) in [7, 11) is 3.17. The van der Waals surface area contributed by atoms with Gasteiger partial charge in [-0.15, -0.1) is 0 Å². The smallest absolute Gasteiger partial charge is 0.257 e. The lowest BCUT2D eigenvalue weighted by molar-refractivity contribution is 0.0491. The van der Waals surface area contributed by atoms with Crippen LogP contribution < -0.4 is 14.8 Å². The van der Waals surface area contributed by atoms with E-state index < -0.39 is 0 Å². The van der Waals surface area contributed by atoms with Crippen LogP contribution in [0.1, 0.15) is 37.5 Å². The lowest BCUT2D eigenvalue weighted by Crippen LogP contribution is -2.23. The van der Waals surface area contributed by atoms with Gasteiger partial charge in [-0.3, -0.25) is 0 Å². The van der Waals surface area contributed by atoms with Crippen LogP contribution in [0.15, 0.2) is 42.5 Å². The number of methoxy groups -OCH3 is 2. The molecule has 0 heterocycles. The van der Waals surface area contributed by atoms with Gasteiger partial charge in [0, 0.05) is 13.7 Å². The Kier molecular flexibility index (Phi) is 8.08. The first-order valence-corrected chi connectivity index (χ1v) is 9.53. The Balaban J connectivity index is 1.83. The van der Waals surface area contributed by atoms with Gasteiger partial charge in [-0.25, -0.2) is 0 Å². The van der Waals surface area contributed by atoms with E-state index in [-0.39, 0.29) is 12.2 Å². The number of ether oxygens (including phenoxy) is 4. The summed E-state index contributed by atoms with van der Waals surface area (Å²) in [6, 6.07) is 14.1. The van der Waals surface area contributed by atoms with Crippen LogP contribution in [0.3, 0.4) is 0 Å². The molecule has 0 bridgehead atoms. The van der Waals surface area contributed by atoms with Crippen molar-refractivity contribution in [3.05, 3.63) is 59.2 Å². The third-order valence-corrected chi connectivity index (χ3v) is 4.45. The summed E-state index contributed by atoms with van der Waals surface area (Å²) in [5, 5.41) is 3.49. The standard InChI is InChI=1S/C22H29NO4S/c1-22(2,3)18-9-6-16(7-10-18)13-23-21(28)26-14-17-8-11-19(27-15-24-4)20(12-17)25-5/h6-12H,13-15H2,1-5H3,(H,23,28). The molecule has 2 aromatic carbocycles. The summed E-state index contributed by atoms with van der Waals surface area (Å²) >= 11 is 5.28. The second-order valence-electron chi connectivity index (χ2n) is 7.41. The van der Waals surface area contributed by atoms with Crippen molar-refractivity contribution in [2.75, 3.05) is 21.0 Å². The highest BCUT2D eigenvalue weighted by Gasteiger charge is 2.13. The van der Waals surface area contributed by atoms with Crippen LogP contribution in [0.5, 0.6) is 11.5 Å². The molecule has 0 radical (unpaired) electrons. The van der Waals surface area contributed by atoms with Gasteiger partial charge in [-0.05, 0) is 46.5 Å². The minimum absolute atomic E-state index is 0.148. The molecule has 0 aliphatic rings. The number of nitrogens with one attached hydrogen (secondary N) is 1. The molecule has 6 heteroatoms. The van der Waals surface area contributed by atoms with Crippen molar-refractivity contribution in [3.8, 4) is 11.5 Å².